The molecule has 4 nitrogen and oxygen atoms in total. The van der Waals surface area contributed by atoms with Gasteiger partial charge < -0.3 is 15.0 Å². The Labute approximate surface area is 142 Å². The molecule has 1 aromatic rings. The van der Waals surface area contributed by atoms with Crippen LogP contribution in [0.2, 0.25) is 0 Å². The van der Waals surface area contributed by atoms with Gasteiger partial charge in [0.05, 0.1) is 10.6 Å². The number of rotatable bonds is 2. The third-order valence-electron chi connectivity index (χ3n) is 4.01. The lowest BCUT2D eigenvalue weighted by Gasteiger charge is -2.42. The minimum atomic E-state index is -4.74. The van der Waals surface area contributed by atoms with Crippen molar-refractivity contribution in [1.82, 2.24) is 4.90 Å². The molecule has 0 saturated heterocycles. The van der Waals surface area contributed by atoms with Crippen molar-refractivity contribution >= 4 is 23.4 Å². The van der Waals surface area contributed by atoms with E-state index >= 15 is 0 Å². The highest BCUT2D eigenvalue weighted by Gasteiger charge is 2.41. The van der Waals surface area contributed by atoms with Gasteiger partial charge in [0.2, 0.25) is 0 Å². The minimum Gasteiger partial charge on any atom is -0.406 e. The van der Waals surface area contributed by atoms with Crippen LogP contribution in [0, 0.1) is 5.41 Å². The number of ether oxygens (including phenoxy) is 1. The van der Waals surface area contributed by atoms with Crippen molar-refractivity contribution in [2.24, 2.45) is 5.41 Å². The van der Waals surface area contributed by atoms with Gasteiger partial charge in [-0.2, -0.15) is 0 Å². The summed E-state index contributed by atoms with van der Waals surface area (Å²) in [6, 6.07) is 4.11. The number of amides is 1. The lowest BCUT2D eigenvalue weighted by atomic mass is 9.85. The van der Waals surface area contributed by atoms with E-state index in [0.29, 0.717) is 28.6 Å². The molecule has 1 aromatic carbocycles. The number of nitrogens with zero attached hydrogens (tertiary/aromatic N) is 1. The van der Waals surface area contributed by atoms with Crippen LogP contribution >= 0.6 is 11.8 Å². The van der Waals surface area contributed by atoms with E-state index in [1.54, 1.807) is 11.0 Å². The molecule has 24 heavy (non-hydrogen) atoms. The number of anilines is 1. The van der Waals surface area contributed by atoms with Gasteiger partial charge >= 0.3 is 6.36 Å². The molecular weight excluding hydrogens is 341 g/mol. The number of carbonyl (C=O) groups excluding carboxylic acids is 1. The van der Waals surface area contributed by atoms with Crippen LogP contribution < -0.4 is 10.1 Å². The van der Waals surface area contributed by atoms with Crippen LogP contribution in [0.5, 0.6) is 5.75 Å². The largest absolute Gasteiger partial charge is 0.573 e. The van der Waals surface area contributed by atoms with E-state index in [9.17, 15) is 18.0 Å². The average Bonchev–Trinajstić information content (AvgIpc) is 2.48. The Hall–Kier alpha value is -1.83. The lowest BCUT2D eigenvalue weighted by molar-refractivity contribution is -0.274. The zero-order chi connectivity index (χ0) is 17.7. The first-order chi connectivity index (χ1) is 11.1. The molecule has 1 N–H and O–H groups in total. The van der Waals surface area contributed by atoms with Gasteiger partial charge in [0.25, 0.3) is 5.91 Å². The maximum atomic E-state index is 12.6. The number of benzene rings is 1. The van der Waals surface area contributed by atoms with Crippen LogP contribution in [0.15, 0.2) is 33.7 Å². The van der Waals surface area contributed by atoms with Crippen molar-refractivity contribution in [2.45, 2.75) is 32.0 Å². The summed E-state index contributed by atoms with van der Waals surface area (Å²) >= 11 is 1.19. The van der Waals surface area contributed by atoms with Crippen LogP contribution in [-0.2, 0) is 4.79 Å². The molecule has 0 aliphatic carbocycles. The minimum absolute atomic E-state index is 0.0999. The van der Waals surface area contributed by atoms with Gasteiger partial charge in [0.15, 0.2) is 0 Å². The molecule has 0 atom stereocenters. The summed E-state index contributed by atoms with van der Waals surface area (Å²) in [5.74, 6) is -0.397. The van der Waals surface area contributed by atoms with E-state index < -0.39 is 6.36 Å². The van der Waals surface area contributed by atoms with Gasteiger partial charge in [-0.25, -0.2) is 0 Å². The van der Waals surface area contributed by atoms with Crippen LogP contribution in [0.25, 0.3) is 0 Å². The van der Waals surface area contributed by atoms with E-state index in [-0.39, 0.29) is 17.1 Å². The van der Waals surface area contributed by atoms with Gasteiger partial charge in [-0.15, -0.1) is 13.2 Å². The number of alkyl halides is 3. The number of likely N-dealkylation sites (N-methyl/N-ethyl adjacent to an activating group) is 1. The first-order valence-corrected chi connectivity index (χ1v) is 8.31. The Kier molecular flexibility index (Phi) is 3.98. The summed E-state index contributed by atoms with van der Waals surface area (Å²) in [7, 11) is 0. The standard InChI is InChI=1S/C16H17F3N2O2S/c1-4-21-8-15(2,3)13-12(14(21)22)24-11-7-9(23-16(17,18)19)5-6-10(11)20-13/h5-7,20H,4,8H2,1-3H3. The Balaban J connectivity index is 1.97. The van der Waals surface area contributed by atoms with E-state index in [0.717, 1.165) is 5.70 Å². The normalized spacial score (nSPS) is 19.6. The number of halogens is 3. The molecule has 8 heteroatoms. The summed E-state index contributed by atoms with van der Waals surface area (Å²) in [6.07, 6.45) is -4.74. The third-order valence-corrected chi connectivity index (χ3v) is 5.15. The molecule has 0 bridgehead atoms. The van der Waals surface area contributed by atoms with Gasteiger partial charge in [0.1, 0.15) is 5.75 Å². The zero-order valence-electron chi connectivity index (χ0n) is 13.5. The van der Waals surface area contributed by atoms with Gasteiger partial charge in [0, 0.05) is 29.1 Å². The summed E-state index contributed by atoms with van der Waals surface area (Å²) < 4.78 is 41.1. The molecule has 0 radical (unpaired) electrons. The summed E-state index contributed by atoms with van der Waals surface area (Å²) in [4.78, 5) is 15.4. The highest BCUT2D eigenvalue weighted by molar-refractivity contribution is 8.04. The smallest absolute Gasteiger partial charge is 0.406 e. The second-order valence-corrected chi connectivity index (χ2v) is 7.39. The second-order valence-electron chi connectivity index (χ2n) is 6.34. The maximum absolute atomic E-state index is 12.6. The molecule has 0 fully saturated rings. The Morgan fingerprint density at radius 3 is 2.71 bits per heavy atom. The number of carbonyl (C=O) groups is 1. The van der Waals surface area contributed by atoms with Crippen LogP contribution in [0.4, 0.5) is 18.9 Å². The molecule has 0 unspecified atom stereocenters. The molecule has 0 saturated carbocycles. The summed E-state index contributed by atoms with van der Waals surface area (Å²) in [5.41, 5.74) is 1.24. The zero-order valence-corrected chi connectivity index (χ0v) is 14.3. The second kappa shape index (κ2) is 5.61. The molecule has 2 heterocycles. The number of thioether (sulfide) groups is 1. The lowest BCUT2D eigenvalue weighted by Crippen LogP contribution is -2.47. The van der Waals surface area contributed by atoms with Crippen molar-refractivity contribution < 1.29 is 22.7 Å². The molecule has 0 spiro atoms. The number of hydrogen-bond acceptors (Lipinski definition) is 4. The van der Waals surface area contributed by atoms with Gasteiger partial charge in [-0.05, 0) is 25.1 Å². The fourth-order valence-electron chi connectivity index (χ4n) is 2.89. The number of nitrogens with one attached hydrogen (secondary N) is 1. The van der Waals surface area contributed by atoms with Crippen molar-refractivity contribution in [1.29, 1.82) is 0 Å². The first kappa shape index (κ1) is 17.0. The van der Waals surface area contributed by atoms with Crippen molar-refractivity contribution in [3.8, 4) is 5.75 Å². The van der Waals surface area contributed by atoms with Crippen LogP contribution in [-0.4, -0.2) is 30.3 Å². The van der Waals surface area contributed by atoms with E-state index in [1.165, 1.54) is 23.9 Å². The molecule has 130 valence electrons. The third kappa shape index (κ3) is 3.07. The topological polar surface area (TPSA) is 41.6 Å². The SMILES string of the molecule is CCN1CC(C)(C)C2=C(Sc3cc(OC(F)(F)F)ccc3N2)C1=O. The molecule has 0 aromatic heterocycles. The molecule has 3 rings (SSSR count). The average molecular weight is 358 g/mol. The predicted octanol–water partition coefficient (Wildman–Crippen LogP) is 4.20. The van der Waals surface area contributed by atoms with E-state index in [1.807, 2.05) is 20.8 Å². The highest BCUT2D eigenvalue weighted by atomic mass is 32.2. The Morgan fingerprint density at radius 2 is 2.08 bits per heavy atom. The Bertz CT molecular complexity index is 729. The van der Waals surface area contributed by atoms with Crippen molar-refractivity contribution in [3.63, 3.8) is 0 Å². The van der Waals surface area contributed by atoms with Crippen molar-refractivity contribution in [2.75, 3.05) is 18.4 Å². The van der Waals surface area contributed by atoms with Gasteiger partial charge in [-0.3, -0.25) is 4.79 Å². The quantitative estimate of drug-likeness (QED) is 0.860. The fourth-order valence-corrected chi connectivity index (χ4v) is 4.16. The first-order valence-electron chi connectivity index (χ1n) is 7.49. The maximum Gasteiger partial charge on any atom is 0.573 e. The van der Waals surface area contributed by atoms with Crippen LogP contribution in [0.1, 0.15) is 20.8 Å². The van der Waals surface area contributed by atoms with Crippen molar-refractivity contribution in [3.05, 3.63) is 28.8 Å². The van der Waals surface area contributed by atoms with E-state index in [4.69, 9.17) is 0 Å². The monoisotopic (exact) mass is 358 g/mol. The van der Waals surface area contributed by atoms with E-state index in [2.05, 4.69) is 10.1 Å². The molecule has 2 aliphatic rings. The molecule has 2 aliphatic heterocycles. The highest BCUT2D eigenvalue weighted by Crippen LogP contribution is 2.49. The fraction of sp³-hybridized carbons (Fsp3) is 0.438. The Morgan fingerprint density at radius 1 is 1.38 bits per heavy atom. The van der Waals surface area contributed by atoms with Gasteiger partial charge in [-0.1, -0.05) is 25.6 Å². The number of fused-ring (bicyclic) bond motifs is 1. The summed E-state index contributed by atoms with van der Waals surface area (Å²) in [6.45, 7) is 7.17. The summed E-state index contributed by atoms with van der Waals surface area (Å²) in [5, 5.41) is 3.23. The predicted molar refractivity (Wildman–Crippen MR) is 85.7 cm³/mol. The number of hydrogen-bond donors (Lipinski definition) is 1. The van der Waals surface area contributed by atoms with Crippen LogP contribution in [0.3, 0.4) is 0 Å². The molecular formula is C16H17F3N2O2S. The molecule has 1 amide bonds.